The molecule has 0 radical (unpaired) electrons. The van der Waals surface area contributed by atoms with Gasteiger partial charge in [0, 0.05) is 27.6 Å². The Labute approximate surface area is 198 Å². The lowest BCUT2D eigenvalue weighted by atomic mass is 9.83. The molecule has 4 aromatic rings. The van der Waals surface area contributed by atoms with Crippen molar-refractivity contribution in [1.29, 1.82) is 5.26 Å². The fraction of sp³-hybridized carbons (Fsp3) is 0.0769. The summed E-state index contributed by atoms with van der Waals surface area (Å²) in [5.41, 5.74) is 8.58. The Kier molecular flexibility index (Phi) is 5.23. The second-order valence-corrected chi connectivity index (χ2v) is 8.20. The number of hydrogen-bond acceptors (Lipinski definition) is 6. The van der Waals surface area contributed by atoms with Crippen LogP contribution in [-0.4, -0.2) is 5.97 Å². The molecule has 1 aliphatic heterocycles. The number of aryl methyl sites for hydroxylation is 1. The molecule has 1 atom stereocenters. The van der Waals surface area contributed by atoms with Crippen molar-refractivity contribution in [2.24, 2.45) is 5.73 Å². The van der Waals surface area contributed by atoms with E-state index >= 15 is 0 Å². The Morgan fingerprint density at radius 1 is 1.18 bits per heavy atom. The quantitative estimate of drug-likeness (QED) is 0.290. The number of carbonyl (C=O) groups excluding carboxylic acids is 1. The lowest BCUT2D eigenvalue weighted by molar-refractivity contribution is 0.0702. The summed E-state index contributed by atoms with van der Waals surface area (Å²) in [7, 11) is 0. The number of benzene rings is 3. The lowest BCUT2D eigenvalue weighted by Gasteiger charge is -2.26. The van der Waals surface area contributed by atoms with Gasteiger partial charge >= 0.3 is 5.97 Å². The number of fused-ring (bicyclic) bond motifs is 2. The van der Waals surface area contributed by atoms with Crippen molar-refractivity contribution in [3.63, 3.8) is 0 Å². The maximum Gasteiger partial charge on any atom is 0.379 e. The smallest absolute Gasteiger partial charge is 0.379 e. The van der Waals surface area contributed by atoms with Gasteiger partial charge in [0.2, 0.25) is 11.6 Å². The third-order valence-electron chi connectivity index (χ3n) is 5.67. The summed E-state index contributed by atoms with van der Waals surface area (Å²) in [5, 5.41) is 10.7. The molecular formula is C26H16ClFN2O4. The molecule has 5 rings (SSSR count). The van der Waals surface area contributed by atoms with Crippen LogP contribution in [0, 0.1) is 24.1 Å². The van der Waals surface area contributed by atoms with E-state index in [9.17, 15) is 14.4 Å². The lowest BCUT2D eigenvalue weighted by Crippen LogP contribution is -2.21. The van der Waals surface area contributed by atoms with Crippen molar-refractivity contribution in [2.75, 3.05) is 0 Å². The Morgan fingerprint density at radius 2 is 2.00 bits per heavy atom. The van der Waals surface area contributed by atoms with Crippen molar-refractivity contribution in [2.45, 2.75) is 12.8 Å². The molecule has 0 bridgehead atoms. The Hall–Kier alpha value is -4.28. The normalized spacial score (nSPS) is 14.9. The molecule has 168 valence electrons. The Morgan fingerprint density at radius 3 is 2.76 bits per heavy atom. The second kappa shape index (κ2) is 8.25. The zero-order valence-electron chi connectivity index (χ0n) is 17.8. The molecule has 1 aromatic heterocycles. The summed E-state index contributed by atoms with van der Waals surface area (Å²) in [6, 6.07) is 18.1. The van der Waals surface area contributed by atoms with Crippen molar-refractivity contribution in [3.8, 4) is 17.6 Å². The molecule has 2 heterocycles. The topological polar surface area (TPSA) is 98.5 Å². The molecule has 0 fully saturated rings. The van der Waals surface area contributed by atoms with E-state index in [1.165, 1.54) is 24.3 Å². The highest BCUT2D eigenvalue weighted by Crippen LogP contribution is 2.44. The van der Waals surface area contributed by atoms with E-state index in [1.807, 2.05) is 6.07 Å². The van der Waals surface area contributed by atoms with Crippen LogP contribution in [0.25, 0.3) is 11.0 Å². The highest BCUT2D eigenvalue weighted by atomic mass is 35.5. The number of esters is 1. The van der Waals surface area contributed by atoms with Crippen LogP contribution >= 0.6 is 11.6 Å². The van der Waals surface area contributed by atoms with Crippen molar-refractivity contribution >= 4 is 28.5 Å². The number of nitriles is 1. The van der Waals surface area contributed by atoms with Gasteiger partial charge in [-0.2, -0.15) is 5.26 Å². The third-order valence-corrected chi connectivity index (χ3v) is 5.90. The first kappa shape index (κ1) is 21.6. The van der Waals surface area contributed by atoms with Crippen molar-refractivity contribution in [3.05, 3.63) is 105 Å². The van der Waals surface area contributed by atoms with Gasteiger partial charge in [0.25, 0.3) is 0 Å². The van der Waals surface area contributed by atoms with E-state index in [0.29, 0.717) is 32.9 Å². The van der Waals surface area contributed by atoms with E-state index in [4.69, 9.17) is 31.2 Å². The molecule has 0 saturated heterocycles. The first-order valence-corrected chi connectivity index (χ1v) is 10.6. The molecule has 1 aliphatic rings. The zero-order chi connectivity index (χ0) is 24.0. The Balaban J connectivity index is 1.50. The SMILES string of the molecule is Cc1c(C(=O)Oc2ccc3c(c2)OC(N)=C(C#N)C3c2cccc(Cl)c2)oc2ccc(F)cc12. The molecule has 1 unspecified atom stereocenters. The van der Waals surface area contributed by atoms with Gasteiger partial charge in [-0.25, -0.2) is 9.18 Å². The summed E-state index contributed by atoms with van der Waals surface area (Å²) in [6.45, 7) is 1.66. The summed E-state index contributed by atoms with van der Waals surface area (Å²) in [5.74, 6) is -1.20. The number of hydrogen-bond donors (Lipinski definition) is 1. The summed E-state index contributed by atoms with van der Waals surface area (Å²) < 4.78 is 30.3. The summed E-state index contributed by atoms with van der Waals surface area (Å²) in [6.07, 6.45) is 0. The molecule has 0 aliphatic carbocycles. The summed E-state index contributed by atoms with van der Waals surface area (Å²) >= 11 is 6.16. The molecule has 2 N–H and O–H groups in total. The molecular weight excluding hydrogens is 459 g/mol. The van der Waals surface area contributed by atoms with Gasteiger partial charge < -0.3 is 19.6 Å². The predicted octanol–water partition coefficient (Wildman–Crippen LogP) is 5.97. The molecule has 0 spiro atoms. The molecule has 0 amide bonds. The highest BCUT2D eigenvalue weighted by Gasteiger charge is 2.31. The van der Waals surface area contributed by atoms with Crippen LogP contribution in [0.15, 0.2) is 76.5 Å². The highest BCUT2D eigenvalue weighted by molar-refractivity contribution is 6.30. The summed E-state index contributed by atoms with van der Waals surface area (Å²) in [4.78, 5) is 12.8. The third kappa shape index (κ3) is 3.64. The van der Waals surface area contributed by atoms with Crippen LogP contribution in [0.5, 0.6) is 11.5 Å². The van der Waals surface area contributed by atoms with E-state index in [-0.39, 0.29) is 23.0 Å². The molecule has 6 nitrogen and oxygen atoms in total. The number of nitrogens with two attached hydrogens (primary N) is 1. The number of halogens is 2. The van der Waals surface area contributed by atoms with Crippen LogP contribution in [0.1, 0.15) is 33.2 Å². The number of furan rings is 1. The first-order valence-electron chi connectivity index (χ1n) is 10.2. The average Bonchev–Trinajstić information content (AvgIpc) is 3.14. The zero-order valence-corrected chi connectivity index (χ0v) is 18.5. The number of nitrogens with zero attached hydrogens (tertiary/aromatic N) is 1. The fourth-order valence-corrected chi connectivity index (χ4v) is 4.27. The standard InChI is InChI=1S/C26H16ClFN2O4/c1-13-19-10-16(28)5-8-21(19)33-24(13)26(31)32-17-6-7-18-22(11-17)34-25(30)20(12-29)23(18)14-3-2-4-15(27)9-14/h2-11,23H,30H2,1H3. The van der Waals surface area contributed by atoms with Gasteiger partial charge in [-0.15, -0.1) is 0 Å². The average molecular weight is 475 g/mol. The minimum absolute atomic E-state index is 0.0257. The number of rotatable bonds is 3. The number of allylic oxidation sites excluding steroid dienone is 1. The molecule has 34 heavy (non-hydrogen) atoms. The minimum atomic E-state index is -0.738. The predicted molar refractivity (Wildman–Crippen MR) is 123 cm³/mol. The van der Waals surface area contributed by atoms with E-state index in [0.717, 1.165) is 5.56 Å². The van der Waals surface area contributed by atoms with E-state index in [1.54, 1.807) is 37.3 Å². The van der Waals surface area contributed by atoms with Gasteiger partial charge in [-0.3, -0.25) is 0 Å². The van der Waals surface area contributed by atoms with E-state index in [2.05, 4.69) is 6.07 Å². The fourth-order valence-electron chi connectivity index (χ4n) is 4.07. The van der Waals surface area contributed by atoms with Gasteiger partial charge in [-0.1, -0.05) is 29.8 Å². The van der Waals surface area contributed by atoms with Crippen LogP contribution in [0.2, 0.25) is 5.02 Å². The van der Waals surface area contributed by atoms with Crippen LogP contribution in [-0.2, 0) is 0 Å². The first-order chi connectivity index (χ1) is 16.4. The largest absolute Gasteiger partial charge is 0.449 e. The van der Waals surface area contributed by atoms with Crippen molar-refractivity contribution < 1.29 is 23.1 Å². The molecule has 8 heteroatoms. The number of ether oxygens (including phenoxy) is 2. The minimum Gasteiger partial charge on any atom is -0.449 e. The molecule has 0 saturated carbocycles. The van der Waals surface area contributed by atoms with E-state index < -0.39 is 17.7 Å². The van der Waals surface area contributed by atoms with Gasteiger partial charge in [0.05, 0.1) is 5.92 Å². The number of carbonyl (C=O) groups is 1. The second-order valence-electron chi connectivity index (χ2n) is 7.77. The van der Waals surface area contributed by atoms with Crippen LogP contribution in [0.3, 0.4) is 0 Å². The van der Waals surface area contributed by atoms with Gasteiger partial charge in [0.1, 0.15) is 34.5 Å². The Bertz CT molecular complexity index is 1550. The maximum atomic E-state index is 13.6. The van der Waals surface area contributed by atoms with Crippen LogP contribution in [0.4, 0.5) is 4.39 Å². The molecule has 3 aromatic carbocycles. The van der Waals surface area contributed by atoms with Crippen LogP contribution < -0.4 is 15.2 Å². The van der Waals surface area contributed by atoms with Gasteiger partial charge in [0.15, 0.2) is 0 Å². The monoisotopic (exact) mass is 474 g/mol. The van der Waals surface area contributed by atoms with Crippen molar-refractivity contribution in [1.82, 2.24) is 0 Å². The maximum absolute atomic E-state index is 13.6. The van der Waals surface area contributed by atoms with Gasteiger partial charge in [-0.05, 0) is 48.9 Å².